The highest BCUT2D eigenvalue weighted by atomic mass is 15.1. The Labute approximate surface area is 540 Å². The molecule has 0 aliphatic rings. The third-order valence-electron chi connectivity index (χ3n) is 17.7. The van der Waals surface area contributed by atoms with Gasteiger partial charge in [-0.05, 0) is 140 Å². The number of hydrogen-bond donors (Lipinski definition) is 0. The summed E-state index contributed by atoms with van der Waals surface area (Å²) in [7, 11) is 0. The number of hydrogen-bond acceptors (Lipinski definition) is 4. The van der Waals surface area contributed by atoms with Crippen LogP contribution in [0.2, 0.25) is 0 Å². The molecule has 0 aromatic heterocycles. The molecule has 0 saturated heterocycles. The first-order chi connectivity index (χ1) is 44.0. The van der Waals surface area contributed by atoms with Crippen molar-refractivity contribution >= 4 is 35.2 Å². The SMILES string of the molecule is CC(C)CCN(CCC(C)C)c1cc(C(c2ccccc2)c2ccccc2)c(/N=C/C=N/c2c(C(c3ccccc3)c3ccccc3)cc(N(CCC(C)C)CCC(C)C)cc2C(c2ccccc2)c2ccccc2)c(C(c2ccccc2)c2ccccc2)c1. The van der Waals surface area contributed by atoms with Gasteiger partial charge in [-0.15, -0.1) is 0 Å². The zero-order valence-corrected chi connectivity index (χ0v) is 54.6. The van der Waals surface area contributed by atoms with E-state index in [-0.39, 0.29) is 23.7 Å². The van der Waals surface area contributed by atoms with Crippen molar-refractivity contribution in [1.82, 2.24) is 0 Å². The van der Waals surface area contributed by atoms with Gasteiger partial charge in [-0.3, -0.25) is 9.98 Å². The molecule has 10 rings (SSSR count). The Morgan fingerprint density at radius 2 is 0.422 bits per heavy atom. The normalized spacial score (nSPS) is 12.0. The molecular weight excluding hydrogens is 1090 g/mol. The molecule has 0 atom stereocenters. The number of anilines is 2. The molecule has 0 heterocycles. The van der Waals surface area contributed by atoms with Gasteiger partial charge in [-0.2, -0.15) is 0 Å². The van der Waals surface area contributed by atoms with E-state index in [4.69, 9.17) is 9.98 Å². The fourth-order valence-electron chi connectivity index (χ4n) is 12.9. The van der Waals surface area contributed by atoms with Crippen LogP contribution in [0.1, 0.15) is 172 Å². The highest BCUT2D eigenvalue weighted by Crippen LogP contribution is 2.49. The van der Waals surface area contributed by atoms with Crippen LogP contribution >= 0.6 is 0 Å². The van der Waals surface area contributed by atoms with Crippen molar-refractivity contribution in [1.29, 1.82) is 0 Å². The summed E-state index contributed by atoms with van der Waals surface area (Å²) in [5.41, 5.74) is 18.8. The van der Waals surface area contributed by atoms with E-state index in [1.54, 1.807) is 0 Å². The molecule has 4 heteroatoms. The zero-order chi connectivity index (χ0) is 62.6. The Bertz CT molecular complexity index is 3140. The second-order valence-electron chi connectivity index (χ2n) is 26.2. The number of benzene rings is 10. The molecule has 10 aromatic rings. The fraction of sp³-hybridized carbons (Fsp3) is 0.279. The minimum atomic E-state index is -0.144. The highest BCUT2D eigenvalue weighted by Gasteiger charge is 2.31. The zero-order valence-electron chi connectivity index (χ0n) is 54.6. The van der Waals surface area contributed by atoms with Gasteiger partial charge in [0.2, 0.25) is 0 Å². The maximum atomic E-state index is 5.92. The first-order valence-corrected chi connectivity index (χ1v) is 33.3. The molecule has 10 aromatic carbocycles. The molecule has 0 aliphatic carbocycles. The van der Waals surface area contributed by atoms with Gasteiger partial charge in [-0.25, -0.2) is 0 Å². The van der Waals surface area contributed by atoms with E-state index in [1.807, 2.05) is 12.4 Å². The van der Waals surface area contributed by atoms with Gasteiger partial charge in [0.1, 0.15) is 0 Å². The molecule has 0 fully saturated rings. The maximum Gasteiger partial charge on any atom is 0.0715 e. The first-order valence-electron chi connectivity index (χ1n) is 33.3. The average molecular weight is 1180 g/mol. The summed E-state index contributed by atoms with van der Waals surface area (Å²) in [6.07, 6.45) is 8.37. The molecule has 90 heavy (non-hydrogen) atoms. The van der Waals surface area contributed by atoms with Crippen LogP contribution in [0.25, 0.3) is 0 Å². The summed E-state index contributed by atoms with van der Waals surface area (Å²) >= 11 is 0. The molecule has 0 unspecified atom stereocenters. The Kier molecular flexibility index (Phi) is 22.8. The number of rotatable bonds is 29. The van der Waals surface area contributed by atoms with Crippen molar-refractivity contribution < 1.29 is 0 Å². The topological polar surface area (TPSA) is 31.2 Å². The van der Waals surface area contributed by atoms with E-state index >= 15 is 0 Å². The van der Waals surface area contributed by atoms with Crippen LogP contribution in [0.5, 0.6) is 0 Å². The molecule has 458 valence electrons. The van der Waals surface area contributed by atoms with Crippen LogP contribution < -0.4 is 9.80 Å². The molecular formula is C86H94N4. The first kappa shape index (κ1) is 64.1. The van der Waals surface area contributed by atoms with Gasteiger partial charge < -0.3 is 9.80 Å². The Morgan fingerprint density at radius 3 is 0.578 bits per heavy atom. The van der Waals surface area contributed by atoms with Crippen molar-refractivity contribution in [3.8, 4) is 0 Å². The molecule has 0 N–H and O–H groups in total. The van der Waals surface area contributed by atoms with Crippen molar-refractivity contribution in [3.05, 3.63) is 334 Å². The van der Waals surface area contributed by atoms with Crippen molar-refractivity contribution in [3.63, 3.8) is 0 Å². The van der Waals surface area contributed by atoms with Gasteiger partial charge in [0, 0.05) is 73.7 Å². The minimum Gasteiger partial charge on any atom is -0.371 e. The molecule has 4 nitrogen and oxygen atoms in total. The van der Waals surface area contributed by atoms with Crippen molar-refractivity contribution in [2.24, 2.45) is 33.7 Å². The lowest BCUT2D eigenvalue weighted by Crippen LogP contribution is -2.28. The van der Waals surface area contributed by atoms with Gasteiger partial charge in [0.05, 0.1) is 11.4 Å². The lowest BCUT2D eigenvalue weighted by atomic mass is 9.78. The third-order valence-corrected chi connectivity index (χ3v) is 17.7. The van der Waals surface area contributed by atoms with E-state index in [1.165, 1.54) is 55.9 Å². The van der Waals surface area contributed by atoms with Crippen LogP contribution in [0, 0.1) is 23.7 Å². The predicted octanol–water partition coefficient (Wildman–Crippen LogP) is 22.3. The molecule has 0 saturated carbocycles. The molecule has 0 amide bonds. The van der Waals surface area contributed by atoms with E-state index in [0.29, 0.717) is 23.7 Å². The lowest BCUT2D eigenvalue weighted by Gasteiger charge is -2.32. The third kappa shape index (κ3) is 16.7. The van der Waals surface area contributed by atoms with E-state index in [2.05, 4.69) is 332 Å². The summed E-state index contributed by atoms with van der Waals surface area (Å²) in [6.45, 7) is 22.6. The highest BCUT2D eigenvalue weighted by molar-refractivity contribution is 6.18. The molecule has 0 radical (unpaired) electrons. The Morgan fingerprint density at radius 1 is 0.256 bits per heavy atom. The van der Waals surface area contributed by atoms with Crippen LogP contribution in [-0.4, -0.2) is 38.6 Å². The molecule has 0 spiro atoms. The quantitative estimate of drug-likeness (QED) is 0.0346. The van der Waals surface area contributed by atoms with Gasteiger partial charge >= 0.3 is 0 Å². The standard InChI is InChI=1S/C86H94N4/c1-63(2)49-55-89(56-50-64(3)4)75-59-77(81(67-33-17-9-18-34-67)68-35-19-10-20-36-68)85(78(60-75)82(69-37-21-11-22-38-69)70-39-23-12-24-40-70)87-53-54-88-86-79(83(71-41-25-13-26-42-71)72-43-27-14-28-44-72)61-76(90(57-51-65(5)6)58-52-66(7)8)62-80(86)84(73-45-29-15-30-46-73)74-47-31-16-32-48-74/h9-48,53-54,59-66,81-84H,49-52,55-58H2,1-8H3/b87-53+,88-54+. The van der Waals surface area contributed by atoms with Crippen molar-refractivity contribution in [2.75, 3.05) is 36.0 Å². The van der Waals surface area contributed by atoms with E-state index < -0.39 is 0 Å². The summed E-state index contributed by atoms with van der Waals surface area (Å²) in [5, 5.41) is 0. The molecule has 0 bridgehead atoms. The van der Waals surface area contributed by atoms with Crippen LogP contribution in [0.4, 0.5) is 22.7 Å². The second kappa shape index (κ2) is 32.1. The van der Waals surface area contributed by atoms with Gasteiger partial charge in [-0.1, -0.05) is 298 Å². The minimum absolute atomic E-state index is 0.144. The van der Waals surface area contributed by atoms with E-state index in [9.17, 15) is 0 Å². The monoisotopic (exact) mass is 1180 g/mol. The summed E-state index contributed by atoms with van der Waals surface area (Å²) < 4.78 is 0. The molecule has 0 aliphatic heterocycles. The lowest BCUT2D eigenvalue weighted by molar-refractivity contribution is 0.535. The predicted molar refractivity (Wildman–Crippen MR) is 387 cm³/mol. The number of aliphatic imine (C=N–C) groups is 2. The van der Waals surface area contributed by atoms with Crippen LogP contribution in [0.3, 0.4) is 0 Å². The Balaban J connectivity index is 1.30. The van der Waals surface area contributed by atoms with Crippen molar-refractivity contribution in [2.45, 2.75) is 105 Å². The van der Waals surface area contributed by atoms with Gasteiger partial charge in [0.25, 0.3) is 0 Å². The smallest absolute Gasteiger partial charge is 0.0715 e. The average Bonchev–Trinajstić information content (AvgIpc) is 0.799. The van der Waals surface area contributed by atoms with Gasteiger partial charge in [0.15, 0.2) is 0 Å². The summed E-state index contributed by atoms with van der Waals surface area (Å²) in [6, 6.07) is 98.8. The number of nitrogens with zero attached hydrogens (tertiary/aromatic N) is 4. The summed E-state index contributed by atoms with van der Waals surface area (Å²) in [4.78, 5) is 17.2. The van der Waals surface area contributed by atoms with Crippen LogP contribution in [0.15, 0.2) is 277 Å². The second-order valence-corrected chi connectivity index (χ2v) is 26.2. The fourth-order valence-corrected chi connectivity index (χ4v) is 12.9. The maximum absolute atomic E-state index is 5.92. The largest absolute Gasteiger partial charge is 0.371 e. The Hall–Kier alpha value is -8.86. The van der Waals surface area contributed by atoms with Crippen LogP contribution in [-0.2, 0) is 0 Å². The van der Waals surface area contributed by atoms with E-state index in [0.717, 1.165) is 85.5 Å². The summed E-state index contributed by atoms with van der Waals surface area (Å²) in [5.74, 6) is 1.62.